The molecule has 1 heterocycles. The number of rotatable bonds is 6. The van der Waals surface area contributed by atoms with Gasteiger partial charge in [-0.3, -0.25) is 20.2 Å². The van der Waals surface area contributed by atoms with Crippen molar-refractivity contribution in [2.75, 3.05) is 5.32 Å². The standard InChI is InChI=1S/C14H15ClN4O3S/c1-3-8(4-2)13-17-18-14(23-13)16-12(20)9-5-6-10(15)11(7-9)19(21)22/h5-8H,3-4H2,1-2H3,(H,16,18,20). The highest BCUT2D eigenvalue weighted by atomic mass is 35.5. The maximum Gasteiger partial charge on any atom is 0.288 e. The second-order valence-electron chi connectivity index (χ2n) is 4.84. The van der Waals surface area contributed by atoms with Gasteiger partial charge in [0, 0.05) is 17.5 Å². The highest BCUT2D eigenvalue weighted by molar-refractivity contribution is 7.15. The minimum Gasteiger partial charge on any atom is -0.296 e. The van der Waals surface area contributed by atoms with E-state index in [1.54, 1.807) is 0 Å². The van der Waals surface area contributed by atoms with E-state index < -0.39 is 10.8 Å². The number of halogens is 1. The molecular formula is C14H15ClN4O3S. The third kappa shape index (κ3) is 4.02. The van der Waals surface area contributed by atoms with Gasteiger partial charge in [-0.25, -0.2) is 0 Å². The largest absolute Gasteiger partial charge is 0.296 e. The molecule has 0 radical (unpaired) electrons. The smallest absolute Gasteiger partial charge is 0.288 e. The van der Waals surface area contributed by atoms with Crippen molar-refractivity contribution < 1.29 is 9.72 Å². The molecule has 0 unspecified atom stereocenters. The molecule has 0 atom stereocenters. The molecule has 1 aromatic heterocycles. The summed E-state index contributed by atoms with van der Waals surface area (Å²) in [7, 11) is 0. The molecular weight excluding hydrogens is 340 g/mol. The third-order valence-corrected chi connectivity index (χ3v) is 4.72. The molecule has 9 heteroatoms. The van der Waals surface area contributed by atoms with Crippen molar-refractivity contribution in [3.8, 4) is 0 Å². The van der Waals surface area contributed by atoms with Crippen molar-refractivity contribution in [3.63, 3.8) is 0 Å². The number of aromatic nitrogens is 2. The van der Waals surface area contributed by atoms with Crippen LogP contribution in [0.3, 0.4) is 0 Å². The van der Waals surface area contributed by atoms with E-state index in [2.05, 4.69) is 29.4 Å². The summed E-state index contributed by atoms with van der Waals surface area (Å²) in [6.45, 7) is 4.14. The Hall–Kier alpha value is -2.06. The van der Waals surface area contributed by atoms with E-state index in [0.29, 0.717) is 11.0 Å². The molecule has 0 aliphatic rings. The van der Waals surface area contributed by atoms with Gasteiger partial charge in [-0.2, -0.15) is 0 Å². The van der Waals surface area contributed by atoms with Crippen LogP contribution in [0.4, 0.5) is 10.8 Å². The molecule has 0 aliphatic heterocycles. The average molecular weight is 355 g/mol. The Morgan fingerprint density at radius 3 is 2.70 bits per heavy atom. The average Bonchev–Trinajstić information content (AvgIpc) is 2.97. The van der Waals surface area contributed by atoms with Crippen molar-refractivity contribution in [2.45, 2.75) is 32.6 Å². The second kappa shape index (κ2) is 7.47. The number of anilines is 1. The van der Waals surface area contributed by atoms with Gasteiger partial charge in [0.15, 0.2) is 0 Å². The third-order valence-electron chi connectivity index (χ3n) is 3.40. The number of carbonyl (C=O) groups is 1. The second-order valence-corrected chi connectivity index (χ2v) is 6.25. The van der Waals surface area contributed by atoms with Gasteiger partial charge < -0.3 is 0 Å². The van der Waals surface area contributed by atoms with E-state index in [4.69, 9.17) is 11.6 Å². The number of nitrogens with zero attached hydrogens (tertiary/aromatic N) is 3. The molecule has 23 heavy (non-hydrogen) atoms. The zero-order valence-electron chi connectivity index (χ0n) is 12.6. The lowest BCUT2D eigenvalue weighted by Gasteiger charge is -2.05. The molecule has 0 spiro atoms. The SMILES string of the molecule is CCC(CC)c1nnc(NC(=O)c2ccc(Cl)c([N+](=O)[O-])c2)s1. The van der Waals surface area contributed by atoms with Crippen LogP contribution in [0.25, 0.3) is 0 Å². The Morgan fingerprint density at radius 2 is 2.09 bits per heavy atom. The van der Waals surface area contributed by atoms with Crippen molar-refractivity contribution in [1.82, 2.24) is 10.2 Å². The zero-order valence-corrected chi connectivity index (χ0v) is 14.1. The number of carbonyl (C=O) groups excluding carboxylic acids is 1. The van der Waals surface area contributed by atoms with Crippen LogP contribution in [0.5, 0.6) is 0 Å². The van der Waals surface area contributed by atoms with E-state index >= 15 is 0 Å². The first kappa shape index (κ1) is 17.3. The number of nitro groups is 1. The molecule has 0 saturated heterocycles. The summed E-state index contributed by atoms with van der Waals surface area (Å²) < 4.78 is 0. The van der Waals surface area contributed by atoms with Gasteiger partial charge in [0.05, 0.1) is 4.92 Å². The molecule has 0 fully saturated rings. The molecule has 0 aliphatic carbocycles. The predicted octanol–water partition coefficient (Wildman–Crippen LogP) is 4.26. The van der Waals surface area contributed by atoms with E-state index in [1.807, 2.05) is 0 Å². The molecule has 2 aromatic rings. The Balaban J connectivity index is 2.16. The maximum atomic E-state index is 12.2. The molecule has 0 bridgehead atoms. The Kier molecular flexibility index (Phi) is 5.62. The fraction of sp³-hybridized carbons (Fsp3) is 0.357. The molecule has 1 amide bonds. The van der Waals surface area contributed by atoms with E-state index in [1.165, 1.54) is 23.5 Å². The van der Waals surface area contributed by atoms with Crippen molar-refractivity contribution in [2.24, 2.45) is 0 Å². The lowest BCUT2D eigenvalue weighted by Crippen LogP contribution is -2.12. The predicted molar refractivity (Wildman–Crippen MR) is 89.3 cm³/mol. The van der Waals surface area contributed by atoms with E-state index in [9.17, 15) is 14.9 Å². The molecule has 1 N–H and O–H groups in total. The van der Waals surface area contributed by atoms with Gasteiger partial charge >= 0.3 is 0 Å². The van der Waals surface area contributed by atoms with Gasteiger partial charge in [-0.15, -0.1) is 10.2 Å². The quantitative estimate of drug-likeness (QED) is 0.617. The summed E-state index contributed by atoms with van der Waals surface area (Å²) in [5, 5.41) is 22.7. The fourth-order valence-corrected chi connectivity index (χ4v) is 3.24. The van der Waals surface area contributed by atoms with Crippen LogP contribution in [-0.2, 0) is 0 Å². The number of benzene rings is 1. The van der Waals surface area contributed by atoms with Crippen LogP contribution in [0.1, 0.15) is 48.0 Å². The van der Waals surface area contributed by atoms with E-state index in [-0.39, 0.29) is 16.3 Å². The summed E-state index contributed by atoms with van der Waals surface area (Å²) in [6, 6.07) is 3.89. The zero-order chi connectivity index (χ0) is 17.0. The van der Waals surface area contributed by atoms with Gasteiger partial charge in [0.2, 0.25) is 5.13 Å². The number of amides is 1. The van der Waals surface area contributed by atoms with Crippen LogP contribution in [0.15, 0.2) is 18.2 Å². The van der Waals surface area contributed by atoms with Crippen LogP contribution in [0.2, 0.25) is 5.02 Å². The van der Waals surface area contributed by atoms with Crippen LogP contribution >= 0.6 is 22.9 Å². The first-order chi connectivity index (χ1) is 11.0. The number of nitrogens with one attached hydrogen (secondary N) is 1. The van der Waals surface area contributed by atoms with E-state index in [0.717, 1.165) is 23.9 Å². The van der Waals surface area contributed by atoms with Crippen LogP contribution in [0, 0.1) is 10.1 Å². The fourth-order valence-electron chi connectivity index (χ4n) is 2.05. The molecule has 122 valence electrons. The molecule has 2 rings (SSSR count). The summed E-state index contributed by atoms with van der Waals surface area (Å²) in [5.41, 5.74) is -0.172. The number of nitro benzene ring substituents is 1. The van der Waals surface area contributed by atoms with Gasteiger partial charge in [-0.05, 0) is 25.0 Å². The monoisotopic (exact) mass is 354 g/mol. The summed E-state index contributed by atoms with van der Waals surface area (Å²) in [5.74, 6) is -0.174. The lowest BCUT2D eigenvalue weighted by molar-refractivity contribution is -0.384. The molecule has 0 saturated carbocycles. The maximum absolute atomic E-state index is 12.2. The molecule has 7 nitrogen and oxygen atoms in total. The topological polar surface area (TPSA) is 98.0 Å². The van der Waals surface area contributed by atoms with Crippen LogP contribution in [-0.4, -0.2) is 21.0 Å². The van der Waals surface area contributed by atoms with Crippen molar-refractivity contribution >= 4 is 39.7 Å². The highest BCUT2D eigenvalue weighted by Gasteiger charge is 2.18. The van der Waals surface area contributed by atoms with Gasteiger partial charge in [0.1, 0.15) is 10.0 Å². The first-order valence-electron chi connectivity index (χ1n) is 7.04. The lowest BCUT2D eigenvalue weighted by atomic mass is 10.1. The first-order valence-corrected chi connectivity index (χ1v) is 8.24. The van der Waals surface area contributed by atoms with Crippen LogP contribution < -0.4 is 5.32 Å². The summed E-state index contributed by atoms with van der Waals surface area (Å²) in [6.07, 6.45) is 1.89. The normalized spacial score (nSPS) is 10.8. The minimum absolute atomic E-state index is 0.0153. The Bertz CT molecular complexity index is 731. The number of hydrogen-bond acceptors (Lipinski definition) is 6. The highest BCUT2D eigenvalue weighted by Crippen LogP contribution is 2.29. The number of hydrogen-bond donors (Lipinski definition) is 1. The minimum atomic E-state index is -0.630. The molecule has 1 aromatic carbocycles. The van der Waals surface area contributed by atoms with Gasteiger partial charge in [-0.1, -0.05) is 36.8 Å². The summed E-state index contributed by atoms with van der Waals surface area (Å²) in [4.78, 5) is 22.4. The summed E-state index contributed by atoms with van der Waals surface area (Å²) >= 11 is 7.05. The van der Waals surface area contributed by atoms with Gasteiger partial charge in [0.25, 0.3) is 11.6 Å². The van der Waals surface area contributed by atoms with Crippen molar-refractivity contribution in [1.29, 1.82) is 0 Å². The Morgan fingerprint density at radius 1 is 1.39 bits per heavy atom. The van der Waals surface area contributed by atoms with Crippen molar-refractivity contribution in [3.05, 3.63) is 43.9 Å². The Labute approximate surface area is 141 Å².